The van der Waals surface area contributed by atoms with E-state index in [1.165, 1.54) is 0 Å². The zero-order chi connectivity index (χ0) is 19.6. The number of amides is 4. The van der Waals surface area contributed by atoms with Gasteiger partial charge in [0.25, 0.3) is 5.91 Å². The highest BCUT2D eigenvalue weighted by Crippen LogP contribution is 2.26. The predicted octanol–water partition coefficient (Wildman–Crippen LogP) is -0.622. The van der Waals surface area contributed by atoms with Gasteiger partial charge in [-0.15, -0.1) is 0 Å². The van der Waals surface area contributed by atoms with Gasteiger partial charge in [0, 0.05) is 52.4 Å². The Kier molecular flexibility index (Phi) is 5.69. The molecule has 0 aromatic carbocycles. The number of aliphatic hydroxyl groups excluding tert-OH is 1. The lowest BCUT2D eigenvalue weighted by Gasteiger charge is -2.17. The van der Waals surface area contributed by atoms with E-state index in [9.17, 15) is 19.5 Å². The lowest BCUT2D eigenvalue weighted by atomic mass is 10.1. The van der Waals surface area contributed by atoms with Crippen molar-refractivity contribution in [3.8, 4) is 0 Å². The average Bonchev–Trinajstić information content (AvgIpc) is 3.30. The maximum absolute atomic E-state index is 12.4. The summed E-state index contributed by atoms with van der Waals surface area (Å²) in [5.41, 5.74) is 0.510. The van der Waals surface area contributed by atoms with Crippen LogP contribution in [0.1, 0.15) is 23.3 Å². The molecule has 1 aromatic rings. The molecular weight excluding hydrogens is 350 g/mol. The Hall–Kier alpha value is -2.55. The number of carbonyl (C=O) groups excluding carboxylic acids is 3. The molecule has 0 bridgehead atoms. The summed E-state index contributed by atoms with van der Waals surface area (Å²) in [6.45, 7) is 2.22. The van der Waals surface area contributed by atoms with Crippen molar-refractivity contribution in [2.45, 2.75) is 25.0 Å². The van der Waals surface area contributed by atoms with Crippen molar-refractivity contribution in [3.05, 3.63) is 24.0 Å². The second-order valence-electron chi connectivity index (χ2n) is 7.30. The van der Waals surface area contributed by atoms with Crippen LogP contribution in [0.25, 0.3) is 0 Å². The van der Waals surface area contributed by atoms with Crippen molar-refractivity contribution < 1.29 is 19.5 Å². The molecular formula is C18H27N5O4. The van der Waals surface area contributed by atoms with Crippen LogP contribution in [0.15, 0.2) is 18.3 Å². The summed E-state index contributed by atoms with van der Waals surface area (Å²) in [6, 6.07) is 3.01. The molecule has 3 atom stereocenters. The summed E-state index contributed by atoms with van der Waals surface area (Å²) in [6.07, 6.45) is 1.74. The highest BCUT2D eigenvalue weighted by molar-refractivity contribution is 5.93. The van der Waals surface area contributed by atoms with E-state index in [2.05, 4.69) is 10.6 Å². The average molecular weight is 377 g/mol. The molecule has 2 aliphatic rings. The second-order valence-corrected chi connectivity index (χ2v) is 7.30. The second kappa shape index (κ2) is 7.99. The van der Waals surface area contributed by atoms with Gasteiger partial charge in [-0.2, -0.15) is 0 Å². The molecule has 9 nitrogen and oxygen atoms in total. The fourth-order valence-corrected chi connectivity index (χ4v) is 3.69. The maximum atomic E-state index is 12.4. The van der Waals surface area contributed by atoms with Gasteiger partial charge in [0.1, 0.15) is 5.69 Å². The van der Waals surface area contributed by atoms with Gasteiger partial charge in [-0.05, 0) is 25.0 Å². The van der Waals surface area contributed by atoms with Crippen LogP contribution in [0, 0.1) is 5.92 Å². The number of rotatable bonds is 6. The number of aromatic nitrogens is 1. The molecule has 1 saturated heterocycles. The summed E-state index contributed by atoms with van der Waals surface area (Å²) in [5.74, 6) is -0.760. The molecule has 4 amide bonds. The Bertz CT molecular complexity index is 718. The number of likely N-dealkylation sites (N-methyl/N-ethyl adjacent to an activating group) is 1. The highest BCUT2D eigenvalue weighted by Gasteiger charge is 2.38. The van der Waals surface area contributed by atoms with Gasteiger partial charge in [0.15, 0.2) is 0 Å². The van der Waals surface area contributed by atoms with E-state index < -0.39 is 12.1 Å². The highest BCUT2D eigenvalue weighted by atomic mass is 16.3. The number of aliphatic hydroxyl groups is 1. The molecule has 0 radical (unpaired) electrons. The lowest BCUT2D eigenvalue weighted by molar-refractivity contribution is -0.125. The molecule has 148 valence electrons. The van der Waals surface area contributed by atoms with Crippen LogP contribution < -0.4 is 10.6 Å². The third kappa shape index (κ3) is 4.24. The molecule has 1 aromatic heterocycles. The van der Waals surface area contributed by atoms with Gasteiger partial charge in [0.05, 0.1) is 12.1 Å². The first-order valence-electron chi connectivity index (χ1n) is 9.25. The van der Waals surface area contributed by atoms with Crippen molar-refractivity contribution in [2.75, 3.05) is 33.2 Å². The van der Waals surface area contributed by atoms with Crippen LogP contribution in [-0.4, -0.2) is 82.7 Å². The number of nitrogens with zero attached hydrogens (tertiary/aromatic N) is 3. The molecule has 2 heterocycles. The molecule has 0 spiro atoms. The minimum Gasteiger partial charge on any atom is -0.391 e. The zero-order valence-electron chi connectivity index (χ0n) is 15.7. The molecule has 1 saturated carbocycles. The third-order valence-electron chi connectivity index (χ3n) is 5.38. The predicted molar refractivity (Wildman–Crippen MR) is 98.0 cm³/mol. The van der Waals surface area contributed by atoms with Gasteiger partial charge in [-0.1, -0.05) is 0 Å². The van der Waals surface area contributed by atoms with E-state index >= 15 is 0 Å². The van der Waals surface area contributed by atoms with Crippen LogP contribution in [0.4, 0.5) is 4.79 Å². The molecule has 27 heavy (non-hydrogen) atoms. The van der Waals surface area contributed by atoms with E-state index in [-0.39, 0.29) is 23.8 Å². The first kappa shape index (κ1) is 19.2. The largest absolute Gasteiger partial charge is 0.391 e. The quantitative estimate of drug-likeness (QED) is 0.614. The minimum absolute atomic E-state index is 0.0241. The van der Waals surface area contributed by atoms with Crippen molar-refractivity contribution in [1.82, 2.24) is 25.0 Å². The van der Waals surface area contributed by atoms with Gasteiger partial charge in [-0.25, -0.2) is 4.79 Å². The van der Waals surface area contributed by atoms with Crippen LogP contribution >= 0.6 is 0 Å². The van der Waals surface area contributed by atoms with E-state index in [0.717, 1.165) is 0 Å². The van der Waals surface area contributed by atoms with Crippen LogP contribution in [0.5, 0.6) is 0 Å². The SMILES string of the molecule is CN1CCN(CCNC(=O)[C@@H]2C[C@@H](O)[C@H](NC(=O)c3cccn3C)C2)C1=O. The van der Waals surface area contributed by atoms with Crippen molar-refractivity contribution >= 4 is 17.8 Å². The van der Waals surface area contributed by atoms with E-state index in [4.69, 9.17) is 0 Å². The van der Waals surface area contributed by atoms with Crippen molar-refractivity contribution in [3.63, 3.8) is 0 Å². The summed E-state index contributed by atoms with van der Waals surface area (Å²) in [5, 5.41) is 15.9. The van der Waals surface area contributed by atoms with Crippen LogP contribution in [-0.2, 0) is 11.8 Å². The summed E-state index contributed by atoms with van der Waals surface area (Å²) < 4.78 is 1.71. The Morgan fingerprint density at radius 1 is 1.26 bits per heavy atom. The van der Waals surface area contributed by atoms with Crippen molar-refractivity contribution in [2.24, 2.45) is 13.0 Å². The summed E-state index contributed by atoms with van der Waals surface area (Å²) >= 11 is 0. The Morgan fingerprint density at radius 3 is 2.67 bits per heavy atom. The minimum atomic E-state index is -0.751. The van der Waals surface area contributed by atoms with Gasteiger partial charge >= 0.3 is 6.03 Å². The molecule has 2 fully saturated rings. The van der Waals surface area contributed by atoms with Gasteiger partial charge in [-0.3, -0.25) is 9.59 Å². The number of carbonyl (C=O) groups is 3. The van der Waals surface area contributed by atoms with Crippen LogP contribution in [0.3, 0.4) is 0 Å². The molecule has 9 heteroatoms. The third-order valence-corrected chi connectivity index (χ3v) is 5.38. The smallest absolute Gasteiger partial charge is 0.319 e. The van der Waals surface area contributed by atoms with E-state index in [1.54, 1.807) is 46.8 Å². The Morgan fingerprint density at radius 2 is 2.04 bits per heavy atom. The zero-order valence-corrected chi connectivity index (χ0v) is 15.7. The maximum Gasteiger partial charge on any atom is 0.319 e. The first-order valence-corrected chi connectivity index (χ1v) is 9.25. The lowest BCUT2D eigenvalue weighted by Crippen LogP contribution is -2.41. The standard InChI is InChI=1S/C18H27N5O4/c1-21-6-3-4-14(21)17(26)20-13-10-12(11-15(13)24)16(25)19-5-7-23-9-8-22(2)18(23)27/h3-4,6,12-13,15,24H,5,7-11H2,1-2H3,(H,19,25)(H,20,26)/t12-,13+,15+/m0/s1. The van der Waals surface area contributed by atoms with E-state index in [1.807, 2.05) is 0 Å². The fraction of sp³-hybridized carbons (Fsp3) is 0.611. The monoisotopic (exact) mass is 377 g/mol. The van der Waals surface area contributed by atoms with Crippen molar-refractivity contribution in [1.29, 1.82) is 0 Å². The summed E-state index contributed by atoms with van der Waals surface area (Å²) in [4.78, 5) is 39.8. The normalized spacial score (nSPS) is 25.1. The first-order chi connectivity index (χ1) is 12.9. The number of aryl methyl sites for hydroxylation is 1. The molecule has 0 unspecified atom stereocenters. The summed E-state index contributed by atoms with van der Waals surface area (Å²) in [7, 11) is 3.53. The molecule has 3 N–H and O–H groups in total. The Balaban J connectivity index is 1.44. The molecule has 3 rings (SSSR count). The topological polar surface area (TPSA) is 107 Å². The van der Waals surface area contributed by atoms with Gasteiger partial charge < -0.3 is 30.1 Å². The number of hydrogen-bond acceptors (Lipinski definition) is 4. The fourth-order valence-electron chi connectivity index (χ4n) is 3.69. The number of nitrogens with one attached hydrogen (secondary N) is 2. The number of urea groups is 1. The van der Waals surface area contributed by atoms with E-state index in [0.29, 0.717) is 44.7 Å². The molecule has 1 aliphatic heterocycles. The number of hydrogen-bond donors (Lipinski definition) is 3. The Labute approximate surface area is 158 Å². The van der Waals surface area contributed by atoms with Crippen LogP contribution in [0.2, 0.25) is 0 Å². The molecule has 1 aliphatic carbocycles. The van der Waals surface area contributed by atoms with Gasteiger partial charge in [0.2, 0.25) is 5.91 Å².